The van der Waals surface area contributed by atoms with Crippen LogP contribution < -0.4 is 10.1 Å². The molecule has 26 heavy (non-hydrogen) atoms. The number of hydrogen-bond donors (Lipinski definition) is 1. The highest BCUT2D eigenvalue weighted by molar-refractivity contribution is 7.09. The fraction of sp³-hybridized carbons (Fsp3) is 0.200. The summed E-state index contributed by atoms with van der Waals surface area (Å²) in [7, 11) is 0. The lowest BCUT2D eigenvalue weighted by molar-refractivity contribution is 0.0939. The van der Waals surface area contributed by atoms with Crippen LogP contribution in [-0.2, 0) is 6.61 Å². The quantitative estimate of drug-likeness (QED) is 0.686. The molecule has 1 aromatic heterocycles. The molecule has 1 amide bonds. The summed E-state index contributed by atoms with van der Waals surface area (Å²) in [5, 5.41) is 5.74. The number of carbonyl (C=O) groups is 1. The van der Waals surface area contributed by atoms with Gasteiger partial charge in [0.15, 0.2) is 0 Å². The lowest BCUT2D eigenvalue weighted by Gasteiger charge is -2.15. The second-order valence-corrected chi connectivity index (χ2v) is 6.95. The van der Waals surface area contributed by atoms with E-state index in [-0.39, 0.29) is 11.7 Å². The van der Waals surface area contributed by atoms with Gasteiger partial charge in [0, 0.05) is 16.5 Å². The molecule has 0 aliphatic rings. The molecule has 3 aromatic rings. The fourth-order valence-electron chi connectivity index (χ4n) is 2.54. The first kappa shape index (κ1) is 18.1. The minimum atomic E-state index is -0.439. The van der Waals surface area contributed by atoms with Gasteiger partial charge in [0.2, 0.25) is 0 Å². The summed E-state index contributed by atoms with van der Waals surface area (Å²) in [6.07, 6.45) is 0. The Hall–Kier alpha value is -2.73. The number of aryl methyl sites for hydroxylation is 1. The van der Waals surface area contributed by atoms with Crippen LogP contribution in [0.5, 0.6) is 5.75 Å². The predicted molar refractivity (Wildman–Crippen MR) is 99.9 cm³/mol. The van der Waals surface area contributed by atoms with E-state index < -0.39 is 6.04 Å². The first-order chi connectivity index (χ1) is 12.5. The maximum Gasteiger partial charge on any atom is 0.251 e. The van der Waals surface area contributed by atoms with Crippen LogP contribution in [0.1, 0.15) is 39.6 Å². The Kier molecular flexibility index (Phi) is 5.63. The number of thiazole rings is 1. The highest BCUT2D eigenvalue weighted by Crippen LogP contribution is 2.19. The van der Waals surface area contributed by atoms with Crippen molar-refractivity contribution >= 4 is 17.2 Å². The third kappa shape index (κ3) is 4.46. The van der Waals surface area contributed by atoms with Crippen LogP contribution in [0.15, 0.2) is 53.9 Å². The Morgan fingerprint density at radius 1 is 1.27 bits per heavy atom. The van der Waals surface area contributed by atoms with Gasteiger partial charge in [-0.15, -0.1) is 11.3 Å². The molecule has 0 saturated carbocycles. The van der Waals surface area contributed by atoms with Gasteiger partial charge in [0.25, 0.3) is 5.91 Å². The van der Waals surface area contributed by atoms with Crippen LogP contribution in [0.2, 0.25) is 0 Å². The number of nitrogens with zero attached hydrogens (tertiary/aromatic N) is 1. The minimum absolute atomic E-state index is 0.282. The molecular formula is C20H19FN2O2S. The van der Waals surface area contributed by atoms with Crippen LogP contribution >= 0.6 is 11.3 Å². The summed E-state index contributed by atoms with van der Waals surface area (Å²) >= 11 is 1.57. The van der Waals surface area contributed by atoms with Gasteiger partial charge in [-0.05, 0) is 38.1 Å². The van der Waals surface area contributed by atoms with Crippen molar-refractivity contribution in [2.24, 2.45) is 0 Å². The Morgan fingerprint density at radius 2 is 2.08 bits per heavy atom. The summed E-state index contributed by atoms with van der Waals surface area (Å²) in [6.45, 7) is 4.04. The topological polar surface area (TPSA) is 51.2 Å². The van der Waals surface area contributed by atoms with E-state index in [1.165, 1.54) is 6.07 Å². The smallest absolute Gasteiger partial charge is 0.251 e. The largest absolute Gasteiger partial charge is 0.487 e. The zero-order valence-corrected chi connectivity index (χ0v) is 15.3. The molecule has 0 aliphatic heterocycles. The molecule has 4 nitrogen and oxygen atoms in total. The average Bonchev–Trinajstić information content (AvgIpc) is 3.06. The van der Waals surface area contributed by atoms with E-state index in [9.17, 15) is 9.18 Å². The lowest BCUT2D eigenvalue weighted by Crippen LogP contribution is -2.27. The highest BCUT2D eigenvalue weighted by Gasteiger charge is 2.15. The number of hydrogen-bond acceptors (Lipinski definition) is 4. The van der Waals surface area contributed by atoms with Gasteiger partial charge in [-0.1, -0.05) is 24.3 Å². The number of ether oxygens (including phenoxy) is 1. The molecule has 2 aromatic carbocycles. The molecule has 1 atom stereocenters. The standard InChI is InChI=1S/C20H19FN2O2S/c1-13(18-8-3-4-9-19(18)21)22-20(24)15-6-5-7-17(10-15)25-11-16-12-26-14(2)23-16/h3-10,12-13H,11H2,1-2H3,(H,22,24). The van der Waals surface area contributed by atoms with Gasteiger partial charge in [-0.25, -0.2) is 9.37 Å². The van der Waals surface area contributed by atoms with E-state index in [0.29, 0.717) is 23.5 Å². The predicted octanol–water partition coefficient (Wildman–Crippen LogP) is 4.66. The van der Waals surface area contributed by atoms with E-state index in [2.05, 4.69) is 10.3 Å². The molecule has 0 radical (unpaired) electrons. The van der Waals surface area contributed by atoms with Gasteiger partial charge < -0.3 is 10.1 Å². The molecule has 6 heteroatoms. The molecule has 1 heterocycles. The molecule has 1 unspecified atom stereocenters. The summed E-state index contributed by atoms with van der Waals surface area (Å²) in [4.78, 5) is 16.8. The maximum atomic E-state index is 13.8. The zero-order valence-electron chi connectivity index (χ0n) is 14.5. The molecule has 0 spiro atoms. The van der Waals surface area contributed by atoms with Gasteiger partial charge in [0.05, 0.1) is 16.7 Å². The van der Waals surface area contributed by atoms with Crippen molar-refractivity contribution in [3.8, 4) is 5.75 Å². The molecule has 1 N–H and O–H groups in total. The Morgan fingerprint density at radius 3 is 2.81 bits per heavy atom. The maximum absolute atomic E-state index is 13.8. The first-order valence-corrected chi connectivity index (χ1v) is 9.10. The SMILES string of the molecule is Cc1nc(COc2cccc(C(=O)NC(C)c3ccccc3F)c2)cs1. The zero-order chi connectivity index (χ0) is 18.5. The summed E-state index contributed by atoms with van der Waals surface area (Å²) < 4.78 is 19.6. The van der Waals surface area contributed by atoms with Crippen molar-refractivity contribution in [1.82, 2.24) is 10.3 Å². The number of halogens is 1. The number of carbonyl (C=O) groups excluding carboxylic acids is 1. The monoisotopic (exact) mass is 370 g/mol. The number of amides is 1. The summed E-state index contributed by atoms with van der Waals surface area (Å²) in [5.74, 6) is -0.0338. The molecule has 0 bridgehead atoms. The van der Waals surface area contributed by atoms with Crippen LogP contribution in [0.3, 0.4) is 0 Å². The summed E-state index contributed by atoms with van der Waals surface area (Å²) in [6, 6.07) is 12.9. The molecular weight excluding hydrogens is 351 g/mol. The second kappa shape index (κ2) is 8.10. The van der Waals surface area contributed by atoms with Crippen LogP contribution in [0.25, 0.3) is 0 Å². The number of aromatic nitrogens is 1. The van der Waals surface area contributed by atoms with Gasteiger partial charge in [-0.3, -0.25) is 4.79 Å². The van der Waals surface area contributed by atoms with Crippen molar-refractivity contribution in [2.45, 2.75) is 26.5 Å². The number of rotatable bonds is 6. The van der Waals surface area contributed by atoms with Crippen LogP contribution in [-0.4, -0.2) is 10.9 Å². The Balaban J connectivity index is 1.65. The molecule has 0 aliphatic carbocycles. The van der Waals surface area contributed by atoms with Crippen molar-refractivity contribution in [2.75, 3.05) is 0 Å². The molecule has 0 fully saturated rings. The molecule has 3 rings (SSSR count). The van der Waals surface area contributed by atoms with Gasteiger partial charge in [-0.2, -0.15) is 0 Å². The Labute approximate surface area is 155 Å². The number of nitrogens with one attached hydrogen (secondary N) is 1. The third-order valence-corrected chi connectivity index (χ3v) is 4.69. The van der Waals surface area contributed by atoms with E-state index >= 15 is 0 Å². The van der Waals surface area contributed by atoms with Crippen molar-refractivity contribution in [3.63, 3.8) is 0 Å². The average molecular weight is 370 g/mol. The minimum Gasteiger partial charge on any atom is -0.487 e. The lowest BCUT2D eigenvalue weighted by atomic mass is 10.1. The van der Waals surface area contributed by atoms with E-state index in [1.807, 2.05) is 12.3 Å². The molecule has 0 saturated heterocycles. The van der Waals surface area contributed by atoms with Crippen LogP contribution in [0, 0.1) is 12.7 Å². The third-order valence-electron chi connectivity index (χ3n) is 3.87. The van der Waals surface area contributed by atoms with E-state index in [0.717, 1.165) is 10.7 Å². The van der Waals surface area contributed by atoms with Crippen molar-refractivity contribution < 1.29 is 13.9 Å². The second-order valence-electron chi connectivity index (χ2n) is 5.89. The molecule has 134 valence electrons. The normalized spacial score (nSPS) is 11.8. The Bertz CT molecular complexity index is 910. The summed E-state index contributed by atoms with van der Waals surface area (Å²) in [5.41, 5.74) is 1.77. The fourth-order valence-corrected chi connectivity index (χ4v) is 3.14. The van der Waals surface area contributed by atoms with Gasteiger partial charge in [0.1, 0.15) is 18.2 Å². The highest BCUT2D eigenvalue weighted by atomic mass is 32.1. The van der Waals surface area contributed by atoms with Crippen molar-refractivity contribution in [1.29, 1.82) is 0 Å². The van der Waals surface area contributed by atoms with Crippen molar-refractivity contribution in [3.05, 3.63) is 81.6 Å². The van der Waals surface area contributed by atoms with E-state index in [4.69, 9.17) is 4.74 Å². The van der Waals surface area contributed by atoms with E-state index in [1.54, 1.807) is 60.7 Å². The van der Waals surface area contributed by atoms with Gasteiger partial charge >= 0.3 is 0 Å². The van der Waals surface area contributed by atoms with Crippen LogP contribution in [0.4, 0.5) is 4.39 Å². The number of benzene rings is 2. The first-order valence-electron chi connectivity index (χ1n) is 8.22.